The van der Waals surface area contributed by atoms with E-state index < -0.39 is 11.7 Å². The van der Waals surface area contributed by atoms with Crippen LogP contribution in [-0.4, -0.2) is 6.10 Å². The highest BCUT2D eigenvalue weighted by molar-refractivity contribution is 5.40. The summed E-state index contributed by atoms with van der Waals surface area (Å²) in [6, 6.07) is 3.67. The fourth-order valence-corrected chi connectivity index (χ4v) is 1.54. The molecule has 1 aromatic carbocycles. The Balaban J connectivity index is 3.19. The van der Waals surface area contributed by atoms with Gasteiger partial charge in [0.2, 0.25) is 0 Å². The molecule has 0 unspecified atom stereocenters. The molecule has 0 atom stereocenters. The molecule has 0 fully saturated rings. The molecule has 0 spiro atoms. The van der Waals surface area contributed by atoms with E-state index in [0.29, 0.717) is 5.75 Å². The Morgan fingerprint density at radius 3 is 2.06 bits per heavy atom. The summed E-state index contributed by atoms with van der Waals surface area (Å²) < 4.78 is 43.2. The molecule has 1 rings (SSSR count). The SMILES string of the molecule is CC(C)Oc1cc(C(F)(F)F)ccc1C(C)C. The zero-order chi connectivity index (χ0) is 13.2. The van der Waals surface area contributed by atoms with Crippen LogP contribution in [0.4, 0.5) is 13.2 Å². The van der Waals surface area contributed by atoms with Crippen LogP contribution in [0.5, 0.6) is 5.75 Å². The van der Waals surface area contributed by atoms with Gasteiger partial charge in [0, 0.05) is 0 Å². The molecule has 0 aliphatic carbocycles. The van der Waals surface area contributed by atoms with E-state index in [-0.39, 0.29) is 12.0 Å². The van der Waals surface area contributed by atoms with Crippen LogP contribution in [0.25, 0.3) is 0 Å². The van der Waals surface area contributed by atoms with Crippen molar-refractivity contribution >= 4 is 0 Å². The van der Waals surface area contributed by atoms with Gasteiger partial charge in [0.1, 0.15) is 5.75 Å². The fraction of sp³-hybridized carbons (Fsp3) is 0.538. The van der Waals surface area contributed by atoms with E-state index in [9.17, 15) is 13.2 Å². The summed E-state index contributed by atoms with van der Waals surface area (Å²) in [6.07, 6.45) is -4.47. The van der Waals surface area contributed by atoms with Crippen molar-refractivity contribution in [3.63, 3.8) is 0 Å². The lowest BCUT2D eigenvalue weighted by molar-refractivity contribution is -0.137. The third-order valence-corrected chi connectivity index (χ3v) is 2.33. The number of halogens is 3. The first-order valence-electron chi connectivity index (χ1n) is 5.59. The van der Waals surface area contributed by atoms with Crippen molar-refractivity contribution in [2.24, 2.45) is 0 Å². The zero-order valence-electron chi connectivity index (χ0n) is 10.4. The second kappa shape index (κ2) is 4.98. The molecule has 0 aliphatic rings. The van der Waals surface area contributed by atoms with E-state index in [2.05, 4.69) is 0 Å². The van der Waals surface area contributed by atoms with Crippen LogP contribution in [0.3, 0.4) is 0 Å². The molecule has 0 aromatic heterocycles. The molecule has 0 radical (unpaired) electrons. The molecule has 0 aliphatic heterocycles. The maximum atomic E-state index is 12.6. The first-order valence-corrected chi connectivity index (χ1v) is 5.59. The lowest BCUT2D eigenvalue weighted by Crippen LogP contribution is -2.11. The van der Waals surface area contributed by atoms with Crippen molar-refractivity contribution < 1.29 is 17.9 Å². The highest BCUT2D eigenvalue weighted by Crippen LogP contribution is 2.35. The van der Waals surface area contributed by atoms with Crippen LogP contribution in [0.2, 0.25) is 0 Å². The van der Waals surface area contributed by atoms with Crippen LogP contribution in [0.1, 0.15) is 44.7 Å². The molecule has 1 nitrogen and oxygen atoms in total. The molecule has 96 valence electrons. The van der Waals surface area contributed by atoms with Crippen LogP contribution >= 0.6 is 0 Å². The van der Waals surface area contributed by atoms with Gasteiger partial charge < -0.3 is 4.74 Å². The Bertz CT molecular complexity index is 381. The number of ether oxygens (including phenoxy) is 1. The third kappa shape index (κ3) is 3.65. The first-order chi connectivity index (χ1) is 7.71. The summed E-state index contributed by atoms with van der Waals surface area (Å²) in [6.45, 7) is 7.44. The minimum Gasteiger partial charge on any atom is -0.491 e. The van der Waals surface area contributed by atoms with Gasteiger partial charge in [-0.15, -0.1) is 0 Å². The molecular weight excluding hydrogens is 229 g/mol. The highest BCUT2D eigenvalue weighted by atomic mass is 19.4. The van der Waals surface area contributed by atoms with Crippen molar-refractivity contribution in [2.75, 3.05) is 0 Å². The van der Waals surface area contributed by atoms with Gasteiger partial charge in [0.25, 0.3) is 0 Å². The van der Waals surface area contributed by atoms with Crippen molar-refractivity contribution in [3.05, 3.63) is 29.3 Å². The standard InChI is InChI=1S/C13H17F3O/c1-8(2)11-6-5-10(13(14,15)16)7-12(11)17-9(3)4/h5-9H,1-4H3. The molecule has 1 aromatic rings. The maximum Gasteiger partial charge on any atom is 0.416 e. The van der Waals surface area contributed by atoms with Crippen LogP contribution < -0.4 is 4.74 Å². The topological polar surface area (TPSA) is 9.23 Å². The van der Waals surface area contributed by atoms with Crippen LogP contribution in [0, 0.1) is 0 Å². The summed E-state index contributed by atoms with van der Waals surface area (Å²) in [4.78, 5) is 0. The number of hydrogen-bond acceptors (Lipinski definition) is 1. The first kappa shape index (κ1) is 13.9. The number of benzene rings is 1. The van der Waals surface area contributed by atoms with E-state index >= 15 is 0 Å². The molecule has 0 saturated heterocycles. The van der Waals surface area contributed by atoms with Crippen molar-refractivity contribution in [1.29, 1.82) is 0 Å². The van der Waals surface area contributed by atoms with Gasteiger partial charge in [0.05, 0.1) is 11.7 Å². The normalized spacial score (nSPS) is 12.3. The van der Waals surface area contributed by atoms with E-state index in [4.69, 9.17) is 4.74 Å². The quantitative estimate of drug-likeness (QED) is 0.756. The van der Waals surface area contributed by atoms with Gasteiger partial charge in [-0.05, 0) is 37.5 Å². The van der Waals surface area contributed by atoms with E-state index in [1.165, 1.54) is 6.07 Å². The third-order valence-electron chi connectivity index (χ3n) is 2.33. The molecule has 0 bridgehead atoms. The van der Waals surface area contributed by atoms with Gasteiger partial charge in [0.15, 0.2) is 0 Å². The molecule has 0 amide bonds. The van der Waals surface area contributed by atoms with Crippen molar-refractivity contribution in [2.45, 2.75) is 45.9 Å². The van der Waals surface area contributed by atoms with Crippen molar-refractivity contribution in [1.82, 2.24) is 0 Å². The van der Waals surface area contributed by atoms with Gasteiger partial charge in [-0.3, -0.25) is 0 Å². The fourth-order valence-electron chi connectivity index (χ4n) is 1.54. The van der Waals surface area contributed by atoms with Gasteiger partial charge in [-0.1, -0.05) is 19.9 Å². The molecule has 17 heavy (non-hydrogen) atoms. The van der Waals surface area contributed by atoms with Crippen LogP contribution in [0.15, 0.2) is 18.2 Å². The predicted molar refractivity (Wildman–Crippen MR) is 61.3 cm³/mol. The van der Waals surface area contributed by atoms with Crippen molar-refractivity contribution in [3.8, 4) is 5.75 Å². The number of alkyl halides is 3. The monoisotopic (exact) mass is 246 g/mol. The Hall–Kier alpha value is -1.19. The zero-order valence-corrected chi connectivity index (χ0v) is 10.4. The summed E-state index contributed by atoms with van der Waals surface area (Å²) in [5.74, 6) is 0.454. The van der Waals surface area contributed by atoms with E-state index in [1.807, 2.05) is 13.8 Å². The van der Waals surface area contributed by atoms with Crippen LogP contribution in [-0.2, 0) is 6.18 Å². The van der Waals surface area contributed by atoms with E-state index in [0.717, 1.165) is 17.7 Å². The van der Waals surface area contributed by atoms with Gasteiger partial charge in [-0.25, -0.2) is 0 Å². The molecular formula is C13H17F3O. The summed E-state index contributed by atoms with van der Waals surface area (Å²) in [5, 5.41) is 0. The number of rotatable bonds is 3. The maximum absolute atomic E-state index is 12.6. The molecule has 0 N–H and O–H groups in total. The Morgan fingerprint density at radius 2 is 1.65 bits per heavy atom. The second-order valence-electron chi connectivity index (χ2n) is 4.57. The lowest BCUT2D eigenvalue weighted by atomic mass is 10.00. The second-order valence-corrected chi connectivity index (χ2v) is 4.57. The molecule has 4 heteroatoms. The summed E-state index contributed by atoms with van der Waals surface area (Å²) in [5.41, 5.74) is 0.129. The summed E-state index contributed by atoms with van der Waals surface area (Å²) >= 11 is 0. The highest BCUT2D eigenvalue weighted by Gasteiger charge is 2.31. The smallest absolute Gasteiger partial charge is 0.416 e. The Kier molecular flexibility index (Phi) is 4.07. The lowest BCUT2D eigenvalue weighted by Gasteiger charge is -2.18. The number of hydrogen-bond donors (Lipinski definition) is 0. The largest absolute Gasteiger partial charge is 0.491 e. The predicted octanol–water partition coefficient (Wildman–Crippen LogP) is 4.62. The summed E-state index contributed by atoms with van der Waals surface area (Å²) in [7, 11) is 0. The minimum absolute atomic E-state index is 0.131. The van der Waals surface area contributed by atoms with Gasteiger partial charge in [-0.2, -0.15) is 13.2 Å². The molecule has 0 saturated carbocycles. The Morgan fingerprint density at radius 1 is 1.06 bits per heavy atom. The minimum atomic E-state index is -4.33. The average Bonchev–Trinajstić information content (AvgIpc) is 2.14. The Labute approximate surface area is 99.6 Å². The average molecular weight is 246 g/mol. The van der Waals surface area contributed by atoms with Gasteiger partial charge >= 0.3 is 6.18 Å². The molecule has 0 heterocycles. The van der Waals surface area contributed by atoms with E-state index in [1.54, 1.807) is 13.8 Å².